The molecule has 0 aliphatic rings. The van der Waals surface area contributed by atoms with Gasteiger partial charge in [0.05, 0.1) is 17.2 Å². The third-order valence-corrected chi connectivity index (χ3v) is 2.16. The second kappa shape index (κ2) is 6.54. The molecule has 0 amide bonds. The second-order valence-electron chi connectivity index (χ2n) is 3.19. The van der Waals surface area contributed by atoms with Crippen LogP contribution in [-0.4, -0.2) is 16.1 Å². The number of benzene rings is 1. The van der Waals surface area contributed by atoms with E-state index >= 15 is 0 Å². The third-order valence-electron chi connectivity index (χ3n) is 2.16. The second-order valence-corrected chi connectivity index (χ2v) is 3.19. The number of rotatable bonds is 2. The molecule has 94 valence electrons. The molecule has 0 unspecified atom stereocenters. The molecule has 0 spiro atoms. The molecule has 4 nitrogen and oxygen atoms in total. The Morgan fingerprint density at radius 3 is 2.71 bits per heavy atom. The van der Waals surface area contributed by atoms with Gasteiger partial charge >= 0.3 is 0 Å². The lowest BCUT2D eigenvalue weighted by Gasteiger charge is -2.04. The Kier molecular flexibility index (Phi) is 6.09. The maximum absolute atomic E-state index is 12.9. The van der Waals surface area contributed by atoms with Crippen LogP contribution in [0.5, 0.6) is 0 Å². The number of hydrogen-bond acceptors (Lipinski definition) is 3. The standard InChI is InChI=1S/C10H10FN3O.2ClH/c11-7-1-2-9-8(5-7)10(15)14(4-3-12)6-13-9;;/h1-2,5-6H,3-4,12H2;2*1H. The van der Waals surface area contributed by atoms with E-state index in [4.69, 9.17) is 5.73 Å². The first-order valence-corrected chi connectivity index (χ1v) is 4.57. The van der Waals surface area contributed by atoms with Gasteiger partial charge in [-0.05, 0) is 18.2 Å². The molecule has 17 heavy (non-hydrogen) atoms. The van der Waals surface area contributed by atoms with Crippen molar-refractivity contribution in [2.75, 3.05) is 6.54 Å². The van der Waals surface area contributed by atoms with Gasteiger partial charge in [-0.15, -0.1) is 24.8 Å². The van der Waals surface area contributed by atoms with Crippen LogP contribution in [0, 0.1) is 5.82 Å². The molecule has 0 saturated heterocycles. The van der Waals surface area contributed by atoms with Gasteiger partial charge in [0.1, 0.15) is 5.82 Å². The quantitative estimate of drug-likeness (QED) is 0.903. The van der Waals surface area contributed by atoms with Gasteiger partial charge in [0.15, 0.2) is 0 Å². The summed E-state index contributed by atoms with van der Waals surface area (Å²) in [5, 5.41) is 0.283. The summed E-state index contributed by atoms with van der Waals surface area (Å²) < 4.78 is 14.3. The van der Waals surface area contributed by atoms with E-state index in [0.29, 0.717) is 18.6 Å². The van der Waals surface area contributed by atoms with E-state index in [2.05, 4.69) is 4.98 Å². The summed E-state index contributed by atoms with van der Waals surface area (Å²) in [5.41, 5.74) is 5.58. The smallest absolute Gasteiger partial charge is 0.261 e. The highest BCUT2D eigenvalue weighted by Gasteiger charge is 2.04. The van der Waals surface area contributed by atoms with Crippen LogP contribution in [0.1, 0.15) is 0 Å². The predicted octanol–water partition coefficient (Wildman–Crippen LogP) is 1.34. The summed E-state index contributed by atoms with van der Waals surface area (Å²) in [6.07, 6.45) is 1.43. The fourth-order valence-electron chi connectivity index (χ4n) is 1.43. The maximum atomic E-state index is 12.9. The van der Waals surface area contributed by atoms with E-state index in [0.717, 1.165) is 0 Å². The zero-order valence-corrected chi connectivity index (χ0v) is 10.4. The van der Waals surface area contributed by atoms with Gasteiger partial charge in [0.25, 0.3) is 5.56 Å². The molecule has 2 N–H and O–H groups in total. The van der Waals surface area contributed by atoms with Gasteiger partial charge in [-0.25, -0.2) is 9.37 Å². The van der Waals surface area contributed by atoms with Gasteiger partial charge in [0.2, 0.25) is 0 Å². The molecule has 0 saturated carbocycles. The summed E-state index contributed by atoms with van der Waals surface area (Å²) in [6, 6.07) is 3.96. The zero-order valence-electron chi connectivity index (χ0n) is 8.80. The number of hydrogen-bond donors (Lipinski definition) is 1. The minimum atomic E-state index is -0.438. The molecule has 7 heteroatoms. The molecule has 0 radical (unpaired) electrons. The van der Waals surface area contributed by atoms with Gasteiger partial charge in [0, 0.05) is 13.1 Å². The van der Waals surface area contributed by atoms with Crippen molar-refractivity contribution in [3.63, 3.8) is 0 Å². The highest BCUT2D eigenvalue weighted by Crippen LogP contribution is 2.08. The van der Waals surface area contributed by atoms with Crippen molar-refractivity contribution in [3.8, 4) is 0 Å². The Morgan fingerprint density at radius 1 is 1.35 bits per heavy atom. The molecular weight excluding hydrogens is 268 g/mol. The Bertz CT molecular complexity index is 559. The van der Waals surface area contributed by atoms with Crippen LogP contribution in [0.25, 0.3) is 10.9 Å². The van der Waals surface area contributed by atoms with Gasteiger partial charge < -0.3 is 5.73 Å². The summed E-state index contributed by atoms with van der Waals surface area (Å²) in [7, 11) is 0. The number of fused-ring (bicyclic) bond motifs is 1. The molecule has 0 aliphatic heterocycles. The highest BCUT2D eigenvalue weighted by atomic mass is 35.5. The van der Waals surface area contributed by atoms with Crippen molar-refractivity contribution in [3.05, 3.63) is 40.7 Å². The van der Waals surface area contributed by atoms with Crippen molar-refractivity contribution in [2.24, 2.45) is 5.73 Å². The molecule has 0 atom stereocenters. The lowest BCUT2D eigenvalue weighted by molar-refractivity contribution is 0.628. The summed E-state index contributed by atoms with van der Waals surface area (Å²) in [4.78, 5) is 15.8. The van der Waals surface area contributed by atoms with Crippen LogP contribution < -0.4 is 11.3 Å². The van der Waals surface area contributed by atoms with Crippen molar-refractivity contribution in [1.29, 1.82) is 0 Å². The van der Waals surface area contributed by atoms with Crippen LogP contribution in [0.15, 0.2) is 29.3 Å². The third kappa shape index (κ3) is 3.15. The topological polar surface area (TPSA) is 60.9 Å². The molecular formula is C10H12Cl2FN3O. The summed E-state index contributed by atoms with van der Waals surface area (Å²) in [6.45, 7) is 0.737. The molecule has 1 aromatic carbocycles. The van der Waals surface area contributed by atoms with Crippen LogP contribution in [0.2, 0.25) is 0 Å². The SMILES string of the molecule is Cl.Cl.NCCn1cnc2ccc(F)cc2c1=O. The fourth-order valence-corrected chi connectivity index (χ4v) is 1.43. The molecule has 2 rings (SSSR count). The molecule has 2 aromatic rings. The zero-order chi connectivity index (χ0) is 10.8. The minimum Gasteiger partial charge on any atom is -0.329 e. The normalized spacial score (nSPS) is 9.53. The fraction of sp³-hybridized carbons (Fsp3) is 0.200. The Hall–Kier alpha value is -1.17. The van der Waals surface area contributed by atoms with Crippen LogP contribution in [-0.2, 0) is 6.54 Å². The Balaban J connectivity index is 0.00000128. The number of halogens is 3. The first kappa shape index (κ1) is 15.8. The Labute approximate surface area is 109 Å². The molecule has 0 aliphatic carbocycles. The van der Waals surface area contributed by atoms with E-state index in [1.807, 2.05) is 0 Å². The molecule has 0 fully saturated rings. The summed E-state index contributed by atoms with van der Waals surface area (Å²) >= 11 is 0. The average molecular weight is 280 g/mol. The lowest BCUT2D eigenvalue weighted by Crippen LogP contribution is -2.24. The van der Waals surface area contributed by atoms with Gasteiger partial charge in [-0.3, -0.25) is 9.36 Å². The first-order chi connectivity index (χ1) is 7.22. The van der Waals surface area contributed by atoms with Crippen molar-refractivity contribution < 1.29 is 4.39 Å². The van der Waals surface area contributed by atoms with Gasteiger partial charge in [-0.1, -0.05) is 0 Å². The summed E-state index contributed by atoms with van der Waals surface area (Å²) in [5.74, 6) is -0.438. The van der Waals surface area contributed by atoms with E-state index in [9.17, 15) is 9.18 Å². The Morgan fingerprint density at radius 2 is 2.06 bits per heavy atom. The molecule has 1 aromatic heterocycles. The van der Waals surface area contributed by atoms with Gasteiger partial charge in [-0.2, -0.15) is 0 Å². The van der Waals surface area contributed by atoms with E-state index in [1.165, 1.54) is 29.1 Å². The average Bonchev–Trinajstić information content (AvgIpc) is 2.23. The van der Waals surface area contributed by atoms with Crippen LogP contribution in [0.3, 0.4) is 0 Å². The van der Waals surface area contributed by atoms with Crippen molar-refractivity contribution >= 4 is 35.7 Å². The van der Waals surface area contributed by atoms with Crippen molar-refractivity contribution in [2.45, 2.75) is 6.54 Å². The maximum Gasteiger partial charge on any atom is 0.261 e. The number of aromatic nitrogens is 2. The van der Waals surface area contributed by atoms with E-state index in [1.54, 1.807) is 0 Å². The monoisotopic (exact) mass is 279 g/mol. The predicted molar refractivity (Wildman–Crippen MR) is 69.5 cm³/mol. The van der Waals surface area contributed by atoms with Crippen LogP contribution >= 0.6 is 24.8 Å². The molecule has 0 bridgehead atoms. The lowest BCUT2D eigenvalue weighted by atomic mass is 10.2. The number of nitrogens with two attached hydrogens (primary N) is 1. The largest absolute Gasteiger partial charge is 0.329 e. The molecule has 1 heterocycles. The first-order valence-electron chi connectivity index (χ1n) is 4.57. The van der Waals surface area contributed by atoms with Crippen LogP contribution in [0.4, 0.5) is 4.39 Å². The van der Waals surface area contributed by atoms with E-state index in [-0.39, 0.29) is 35.8 Å². The number of nitrogens with zero attached hydrogens (tertiary/aromatic N) is 2. The van der Waals surface area contributed by atoms with Crippen molar-refractivity contribution in [1.82, 2.24) is 9.55 Å². The minimum absolute atomic E-state index is 0. The highest BCUT2D eigenvalue weighted by molar-refractivity contribution is 5.85. The van der Waals surface area contributed by atoms with E-state index < -0.39 is 5.82 Å².